The van der Waals surface area contributed by atoms with Crippen LogP contribution in [0.3, 0.4) is 0 Å². The minimum absolute atomic E-state index is 0.481. The molecule has 1 unspecified atom stereocenters. The Hall–Kier alpha value is -0.370. The van der Waals surface area contributed by atoms with E-state index in [0.717, 1.165) is 31.6 Å². The number of hydrogen-bond donors (Lipinski definition) is 1. The van der Waals surface area contributed by atoms with Gasteiger partial charge in [-0.2, -0.15) is 0 Å². The Morgan fingerprint density at radius 2 is 1.79 bits per heavy atom. The number of carbonyl (C=O) groups excluding carboxylic acids is 1. The second-order valence-corrected chi connectivity index (χ2v) is 4.79. The van der Waals surface area contributed by atoms with Crippen LogP contribution in [0.2, 0.25) is 0 Å². The molecule has 0 aromatic rings. The van der Waals surface area contributed by atoms with Gasteiger partial charge < -0.3 is 5.32 Å². The summed E-state index contributed by atoms with van der Waals surface area (Å²) in [7, 11) is 0. The van der Waals surface area contributed by atoms with Crippen molar-refractivity contribution in [3.8, 4) is 0 Å². The fraction of sp³-hybridized carbons (Fsp3) is 0.917. The summed E-state index contributed by atoms with van der Waals surface area (Å²) in [6, 6.07) is 0.714. The zero-order chi connectivity index (χ0) is 9.80. The van der Waals surface area contributed by atoms with E-state index in [1.165, 1.54) is 32.2 Å². The van der Waals surface area contributed by atoms with Crippen LogP contribution in [0.25, 0.3) is 0 Å². The van der Waals surface area contributed by atoms with E-state index in [-0.39, 0.29) is 0 Å². The van der Waals surface area contributed by atoms with E-state index in [1.54, 1.807) is 0 Å². The number of nitrogens with one attached hydrogen (secondary N) is 1. The van der Waals surface area contributed by atoms with Crippen LogP contribution >= 0.6 is 0 Å². The SMILES string of the molecule is O=C1CCC(C2CCCCCN2)CC1. The zero-order valence-electron chi connectivity index (χ0n) is 8.93. The average Bonchev–Trinajstić information content (AvgIpc) is 2.47. The van der Waals surface area contributed by atoms with Crippen LogP contribution in [0.1, 0.15) is 51.4 Å². The van der Waals surface area contributed by atoms with Gasteiger partial charge >= 0.3 is 0 Å². The minimum Gasteiger partial charge on any atom is -0.314 e. The maximum Gasteiger partial charge on any atom is 0.132 e. The van der Waals surface area contributed by atoms with Crippen molar-refractivity contribution in [1.82, 2.24) is 5.32 Å². The van der Waals surface area contributed by atoms with Gasteiger partial charge in [0.2, 0.25) is 0 Å². The Labute approximate surface area is 86.5 Å². The van der Waals surface area contributed by atoms with Crippen molar-refractivity contribution in [1.29, 1.82) is 0 Å². The Balaban J connectivity index is 1.83. The highest BCUT2D eigenvalue weighted by molar-refractivity contribution is 5.79. The van der Waals surface area contributed by atoms with Gasteiger partial charge in [-0.05, 0) is 38.1 Å². The van der Waals surface area contributed by atoms with E-state index in [1.807, 2.05) is 0 Å². The molecule has 2 fully saturated rings. The third-order valence-corrected chi connectivity index (χ3v) is 3.76. The normalized spacial score (nSPS) is 31.4. The van der Waals surface area contributed by atoms with Crippen LogP contribution in [0.15, 0.2) is 0 Å². The molecule has 1 heterocycles. The van der Waals surface area contributed by atoms with Crippen molar-refractivity contribution in [3.63, 3.8) is 0 Å². The average molecular weight is 195 g/mol. The maximum atomic E-state index is 11.1. The highest BCUT2D eigenvalue weighted by Gasteiger charge is 2.26. The fourth-order valence-electron chi connectivity index (χ4n) is 2.82. The molecule has 2 rings (SSSR count). The number of hydrogen-bond acceptors (Lipinski definition) is 2. The lowest BCUT2D eigenvalue weighted by molar-refractivity contribution is -0.121. The van der Waals surface area contributed by atoms with Crippen molar-refractivity contribution in [3.05, 3.63) is 0 Å². The Bertz CT molecular complexity index is 184. The molecule has 2 aliphatic rings. The van der Waals surface area contributed by atoms with Crippen LogP contribution in [0.4, 0.5) is 0 Å². The molecule has 1 aliphatic heterocycles. The van der Waals surface area contributed by atoms with Crippen LogP contribution in [0.5, 0.6) is 0 Å². The molecule has 0 bridgehead atoms. The quantitative estimate of drug-likeness (QED) is 0.695. The van der Waals surface area contributed by atoms with E-state index in [2.05, 4.69) is 5.32 Å². The lowest BCUT2D eigenvalue weighted by Gasteiger charge is -2.29. The molecule has 0 spiro atoms. The third kappa shape index (κ3) is 2.57. The molecular weight excluding hydrogens is 174 g/mol. The van der Waals surface area contributed by atoms with E-state index in [4.69, 9.17) is 0 Å². The first kappa shape index (κ1) is 10.2. The molecule has 0 radical (unpaired) electrons. The number of ketones is 1. The van der Waals surface area contributed by atoms with Gasteiger partial charge in [0.05, 0.1) is 0 Å². The molecule has 80 valence electrons. The highest BCUT2D eigenvalue weighted by atomic mass is 16.1. The molecule has 1 aliphatic carbocycles. The van der Waals surface area contributed by atoms with Gasteiger partial charge in [-0.25, -0.2) is 0 Å². The summed E-state index contributed by atoms with van der Waals surface area (Å²) in [6.45, 7) is 1.19. The van der Waals surface area contributed by atoms with E-state index < -0.39 is 0 Å². The van der Waals surface area contributed by atoms with Gasteiger partial charge in [0.15, 0.2) is 0 Å². The van der Waals surface area contributed by atoms with Crippen molar-refractivity contribution in [2.45, 2.75) is 57.4 Å². The summed E-state index contributed by atoms with van der Waals surface area (Å²) in [6.07, 6.45) is 9.37. The van der Waals surface area contributed by atoms with Gasteiger partial charge in [-0.1, -0.05) is 12.8 Å². The summed E-state index contributed by atoms with van der Waals surface area (Å²) in [4.78, 5) is 11.1. The van der Waals surface area contributed by atoms with Gasteiger partial charge in [0.25, 0.3) is 0 Å². The highest BCUT2D eigenvalue weighted by Crippen LogP contribution is 2.28. The van der Waals surface area contributed by atoms with Crippen LogP contribution in [0, 0.1) is 5.92 Å². The smallest absolute Gasteiger partial charge is 0.132 e. The van der Waals surface area contributed by atoms with E-state index in [0.29, 0.717) is 11.8 Å². The number of Topliss-reactive ketones (excluding diaryl/α,β-unsaturated/α-hetero) is 1. The predicted molar refractivity (Wildman–Crippen MR) is 57.2 cm³/mol. The lowest BCUT2D eigenvalue weighted by atomic mass is 9.82. The van der Waals surface area contributed by atoms with Gasteiger partial charge in [0, 0.05) is 18.9 Å². The zero-order valence-corrected chi connectivity index (χ0v) is 8.93. The monoisotopic (exact) mass is 195 g/mol. The third-order valence-electron chi connectivity index (χ3n) is 3.76. The fourth-order valence-corrected chi connectivity index (χ4v) is 2.82. The van der Waals surface area contributed by atoms with Crippen molar-refractivity contribution in [2.75, 3.05) is 6.54 Å². The van der Waals surface area contributed by atoms with Crippen molar-refractivity contribution >= 4 is 5.78 Å². The first-order valence-electron chi connectivity index (χ1n) is 6.11. The largest absolute Gasteiger partial charge is 0.314 e. The maximum absolute atomic E-state index is 11.1. The molecule has 0 aromatic heterocycles. The standard InChI is InChI=1S/C12H21NO/c14-11-7-5-10(6-8-11)12-4-2-1-3-9-13-12/h10,12-13H,1-9H2. The van der Waals surface area contributed by atoms with Gasteiger partial charge in [-0.3, -0.25) is 4.79 Å². The predicted octanol–water partition coefficient (Wildman–Crippen LogP) is 2.28. The Morgan fingerprint density at radius 3 is 2.57 bits per heavy atom. The first-order valence-corrected chi connectivity index (χ1v) is 6.11. The molecule has 1 N–H and O–H groups in total. The molecule has 1 saturated heterocycles. The van der Waals surface area contributed by atoms with Gasteiger partial charge in [0.1, 0.15) is 5.78 Å². The Kier molecular flexibility index (Phi) is 3.57. The van der Waals surface area contributed by atoms with Crippen LogP contribution in [-0.2, 0) is 4.79 Å². The van der Waals surface area contributed by atoms with Crippen LogP contribution in [-0.4, -0.2) is 18.4 Å². The topological polar surface area (TPSA) is 29.1 Å². The summed E-state index contributed by atoms with van der Waals surface area (Å²) >= 11 is 0. The van der Waals surface area contributed by atoms with Crippen LogP contribution < -0.4 is 5.32 Å². The van der Waals surface area contributed by atoms with E-state index >= 15 is 0 Å². The Morgan fingerprint density at radius 1 is 1.00 bits per heavy atom. The first-order chi connectivity index (χ1) is 6.86. The molecular formula is C12H21NO. The molecule has 1 atom stereocenters. The van der Waals surface area contributed by atoms with Crippen molar-refractivity contribution in [2.24, 2.45) is 5.92 Å². The van der Waals surface area contributed by atoms with Gasteiger partial charge in [-0.15, -0.1) is 0 Å². The molecule has 14 heavy (non-hydrogen) atoms. The summed E-state index contributed by atoms with van der Waals surface area (Å²) < 4.78 is 0. The second kappa shape index (κ2) is 4.92. The molecule has 2 nitrogen and oxygen atoms in total. The molecule has 0 amide bonds. The lowest BCUT2D eigenvalue weighted by Crippen LogP contribution is -2.37. The van der Waals surface area contributed by atoms with E-state index in [9.17, 15) is 4.79 Å². The second-order valence-electron chi connectivity index (χ2n) is 4.79. The number of rotatable bonds is 1. The summed E-state index contributed by atoms with van der Waals surface area (Å²) in [5, 5.41) is 3.65. The summed E-state index contributed by atoms with van der Waals surface area (Å²) in [5.41, 5.74) is 0. The summed E-state index contributed by atoms with van der Waals surface area (Å²) in [5.74, 6) is 1.26. The molecule has 2 heteroatoms. The molecule has 0 aromatic carbocycles. The van der Waals surface area contributed by atoms with Crippen molar-refractivity contribution < 1.29 is 4.79 Å². The number of carbonyl (C=O) groups is 1. The molecule has 1 saturated carbocycles. The minimum atomic E-state index is 0.481.